The van der Waals surface area contributed by atoms with E-state index in [-0.39, 0.29) is 5.72 Å². The monoisotopic (exact) mass is 115 g/mol. The predicted octanol–water partition coefficient (Wildman–Crippen LogP) is 0.718. The summed E-state index contributed by atoms with van der Waals surface area (Å²) in [5.74, 6) is 0.516. The molecule has 2 nitrogen and oxygen atoms in total. The standard InChI is InChI=1S/C6H13NO/c1-5-3-4-8-6(5,2)7/h5H,3-4,7H2,1-2H3. The zero-order valence-corrected chi connectivity index (χ0v) is 5.48. The summed E-state index contributed by atoms with van der Waals surface area (Å²) in [6.45, 7) is 4.88. The lowest BCUT2D eigenvalue weighted by atomic mass is 10.0. The maximum absolute atomic E-state index is 5.70. The molecule has 2 heteroatoms. The van der Waals surface area contributed by atoms with Gasteiger partial charge < -0.3 is 10.5 Å². The Bertz CT molecular complexity index is 90.5. The molecular weight excluding hydrogens is 102 g/mol. The van der Waals surface area contributed by atoms with Crippen LogP contribution in [-0.4, -0.2) is 12.3 Å². The SMILES string of the molecule is CC1CCOC1(C)N. The van der Waals surface area contributed by atoms with Crippen LogP contribution in [0.2, 0.25) is 0 Å². The van der Waals surface area contributed by atoms with Crippen LogP contribution in [0.5, 0.6) is 0 Å². The number of hydrogen-bond acceptors (Lipinski definition) is 2. The molecule has 1 aliphatic rings. The highest BCUT2D eigenvalue weighted by Crippen LogP contribution is 2.25. The second-order valence-electron chi connectivity index (χ2n) is 2.72. The van der Waals surface area contributed by atoms with Crippen molar-refractivity contribution < 1.29 is 4.74 Å². The zero-order chi connectivity index (χ0) is 6.20. The molecule has 48 valence electrons. The Morgan fingerprint density at radius 3 is 2.50 bits per heavy atom. The second kappa shape index (κ2) is 1.71. The molecule has 1 saturated heterocycles. The summed E-state index contributed by atoms with van der Waals surface area (Å²) in [5, 5.41) is 0. The summed E-state index contributed by atoms with van der Waals surface area (Å²) >= 11 is 0. The minimum atomic E-state index is -0.347. The first-order chi connectivity index (χ1) is 3.63. The molecule has 1 aliphatic heterocycles. The average Bonchev–Trinajstić information content (AvgIpc) is 1.86. The average molecular weight is 115 g/mol. The number of rotatable bonds is 0. The van der Waals surface area contributed by atoms with Gasteiger partial charge in [0.1, 0.15) is 5.72 Å². The molecule has 1 rings (SSSR count). The molecule has 0 aromatic carbocycles. The quantitative estimate of drug-likeness (QED) is 0.505. The largest absolute Gasteiger partial charge is 0.361 e. The van der Waals surface area contributed by atoms with Crippen molar-refractivity contribution in [1.82, 2.24) is 0 Å². The van der Waals surface area contributed by atoms with E-state index in [0.717, 1.165) is 13.0 Å². The van der Waals surface area contributed by atoms with E-state index in [2.05, 4.69) is 6.92 Å². The van der Waals surface area contributed by atoms with Crippen LogP contribution in [0, 0.1) is 5.92 Å². The first-order valence-corrected chi connectivity index (χ1v) is 3.06. The van der Waals surface area contributed by atoms with Gasteiger partial charge in [-0.25, -0.2) is 0 Å². The van der Waals surface area contributed by atoms with E-state index in [1.165, 1.54) is 0 Å². The summed E-state index contributed by atoms with van der Waals surface area (Å²) in [6.07, 6.45) is 1.10. The van der Waals surface area contributed by atoms with E-state index in [4.69, 9.17) is 10.5 Å². The highest BCUT2D eigenvalue weighted by Gasteiger charge is 2.32. The van der Waals surface area contributed by atoms with Crippen LogP contribution in [0.3, 0.4) is 0 Å². The van der Waals surface area contributed by atoms with E-state index in [0.29, 0.717) is 5.92 Å². The fourth-order valence-electron chi connectivity index (χ4n) is 0.884. The Kier molecular flexibility index (Phi) is 1.29. The molecule has 1 heterocycles. The van der Waals surface area contributed by atoms with Gasteiger partial charge in [-0.15, -0.1) is 0 Å². The Hall–Kier alpha value is -0.0800. The Balaban J connectivity index is 2.54. The van der Waals surface area contributed by atoms with Gasteiger partial charge in [-0.05, 0) is 13.3 Å². The van der Waals surface area contributed by atoms with Gasteiger partial charge in [0.2, 0.25) is 0 Å². The highest BCUT2D eigenvalue weighted by molar-refractivity contribution is 4.79. The van der Waals surface area contributed by atoms with Crippen molar-refractivity contribution in [3.05, 3.63) is 0 Å². The van der Waals surface area contributed by atoms with Crippen molar-refractivity contribution in [2.45, 2.75) is 26.0 Å². The molecule has 0 aromatic heterocycles. The summed E-state index contributed by atoms with van der Waals surface area (Å²) < 4.78 is 5.23. The minimum Gasteiger partial charge on any atom is -0.361 e. The van der Waals surface area contributed by atoms with Gasteiger partial charge in [0.15, 0.2) is 0 Å². The maximum atomic E-state index is 5.70. The van der Waals surface area contributed by atoms with Gasteiger partial charge in [-0.1, -0.05) is 6.92 Å². The van der Waals surface area contributed by atoms with E-state index < -0.39 is 0 Å². The third-order valence-electron chi connectivity index (χ3n) is 1.94. The number of hydrogen-bond donors (Lipinski definition) is 1. The number of nitrogens with two attached hydrogens (primary N) is 1. The lowest BCUT2D eigenvalue weighted by Gasteiger charge is -2.21. The van der Waals surface area contributed by atoms with Gasteiger partial charge in [-0.3, -0.25) is 0 Å². The normalized spacial score (nSPS) is 47.6. The number of ether oxygens (including phenoxy) is 1. The molecule has 8 heavy (non-hydrogen) atoms. The van der Waals surface area contributed by atoms with Crippen LogP contribution >= 0.6 is 0 Å². The smallest absolute Gasteiger partial charge is 0.116 e. The molecule has 0 spiro atoms. The molecule has 2 unspecified atom stereocenters. The maximum Gasteiger partial charge on any atom is 0.116 e. The summed E-state index contributed by atoms with van der Waals surface area (Å²) in [6, 6.07) is 0. The summed E-state index contributed by atoms with van der Waals surface area (Å²) in [4.78, 5) is 0. The molecule has 2 atom stereocenters. The van der Waals surface area contributed by atoms with Crippen LogP contribution in [0.1, 0.15) is 20.3 Å². The van der Waals surface area contributed by atoms with E-state index in [1.807, 2.05) is 6.92 Å². The third-order valence-corrected chi connectivity index (χ3v) is 1.94. The Labute approximate surface area is 50.0 Å². The molecule has 0 saturated carbocycles. The molecular formula is C6H13NO. The minimum absolute atomic E-state index is 0.347. The van der Waals surface area contributed by atoms with Crippen LogP contribution in [0.4, 0.5) is 0 Å². The molecule has 0 radical (unpaired) electrons. The van der Waals surface area contributed by atoms with Crippen molar-refractivity contribution in [2.75, 3.05) is 6.61 Å². The van der Waals surface area contributed by atoms with Crippen LogP contribution in [-0.2, 0) is 4.74 Å². The van der Waals surface area contributed by atoms with Gasteiger partial charge in [-0.2, -0.15) is 0 Å². The Morgan fingerprint density at radius 1 is 1.75 bits per heavy atom. The van der Waals surface area contributed by atoms with Crippen LogP contribution < -0.4 is 5.73 Å². The van der Waals surface area contributed by atoms with Gasteiger partial charge in [0.25, 0.3) is 0 Å². The van der Waals surface area contributed by atoms with Crippen LogP contribution in [0.25, 0.3) is 0 Å². The lowest BCUT2D eigenvalue weighted by molar-refractivity contribution is 0.00425. The second-order valence-corrected chi connectivity index (χ2v) is 2.72. The zero-order valence-electron chi connectivity index (χ0n) is 5.48. The van der Waals surface area contributed by atoms with Crippen molar-refractivity contribution in [3.63, 3.8) is 0 Å². The first kappa shape index (κ1) is 6.05. The van der Waals surface area contributed by atoms with E-state index in [9.17, 15) is 0 Å². The van der Waals surface area contributed by atoms with Crippen LogP contribution in [0.15, 0.2) is 0 Å². The van der Waals surface area contributed by atoms with Gasteiger partial charge >= 0.3 is 0 Å². The summed E-state index contributed by atoms with van der Waals surface area (Å²) in [7, 11) is 0. The Morgan fingerprint density at radius 2 is 2.38 bits per heavy atom. The fraction of sp³-hybridized carbons (Fsp3) is 1.00. The molecule has 0 bridgehead atoms. The van der Waals surface area contributed by atoms with Crippen molar-refractivity contribution >= 4 is 0 Å². The molecule has 0 aromatic rings. The molecule has 2 N–H and O–H groups in total. The molecule has 1 fully saturated rings. The van der Waals surface area contributed by atoms with Gasteiger partial charge in [0, 0.05) is 12.5 Å². The van der Waals surface area contributed by atoms with Crippen molar-refractivity contribution in [3.8, 4) is 0 Å². The van der Waals surface area contributed by atoms with Gasteiger partial charge in [0.05, 0.1) is 0 Å². The van der Waals surface area contributed by atoms with Crippen molar-refractivity contribution in [2.24, 2.45) is 11.7 Å². The van der Waals surface area contributed by atoms with E-state index in [1.54, 1.807) is 0 Å². The lowest BCUT2D eigenvalue weighted by Crippen LogP contribution is -2.40. The topological polar surface area (TPSA) is 35.2 Å². The van der Waals surface area contributed by atoms with E-state index >= 15 is 0 Å². The fourth-order valence-corrected chi connectivity index (χ4v) is 0.884. The van der Waals surface area contributed by atoms with Crippen molar-refractivity contribution in [1.29, 1.82) is 0 Å². The molecule has 0 aliphatic carbocycles. The third kappa shape index (κ3) is 0.858. The highest BCUT2D eigenvalue weighted by atomic mass is 16.5. The molecule has 0 amide bonds. The predicted molar refractivity (Wildman–Crippen MR) is 32.3 cm³/mol. The summed E-state index contributed by atoms with van der Waals surface area (Å²) in [5.41, 5.74) is 5.35. The first-order valence-electron chi connectivity index (χ1n) is 3.06.